The molecule has 1 heterocycles. The van der Waals surface area contributed by atoms with E-state index in [-0.39, 0.29) is 16.3 Å². The fourth-order valence-electron chi connectivity index (χ4n) is 2.83. The first-order valence-electron chi connectivity index (χ1n) is 9.01. The Morgan fingerprint density at radius 3 is 2.41 bits per heavy atom. The lowest BCUT2D eigenvalue weighted by Crippen LogP contribution is -2.21. The first-order chi connectivity index (χ1) is 13.9. The van der Waals surface area contributed by atoms with Crippen LogP contribution in [0.25, 0.3) is 11.1 Å². The summed E-state index contributed by atoms with van der Waals surface area (Å²) in [5.74, 6) is -0.810. The van der Waals surface area contributed by atoms with Gasteiger partial charge in [0, 0.05) is 11.8 Å². The van der Waals surface area contributed by atoms with Crippen LogP contribution in [0.3, 0.4) is 0 Å². The summed E-state index contributed by atoms with van der Waals surface area (Å²) in [4.78, 5) is 16.0. The molecule has 0 saturated carbocycles. The van der Waals surface area contributed by atoms with Crippen LogP contribution in [0, 0.1) is 5.95 Å². The van der Waals surface area contributed by atoms with Crippen LogP contribution in [0.1, 0.15) is 13.3 Å². The van der Waals surface area contributed by atoms with Gasteiger partial charge in [0.05, 0.1) is 22.0 Å². The summed E-state index contributed by atoms with van der Waals surface area (Å²) in [6.45, 7) is 1.78. The van der Waals surface area contributed by atoms with Crippen LogP contribution < -0.4 is 10.6 Å². The van der Waals surface area contributed by atoms with Crippen molar-refractivity contribution in [3.63, 3.8) is 0 Å². The molecule has 6 nitrogen and oxygen atoms in total. The smallest absolute Gasteiger partial charge is 0.307 e. The van der Waals surface area contributed by atoms with Crippen LogP contribution in [0.4, 0.5) is 20.6 Å². The lowest BCUT2D eigenvalue weighted by atomic mass is 10.0. The number of benzene rings is 2. The third-order valence-corrected chi connectivity index (χ3v) is 6.08. The van der Waals surface area contributed by atoms with Gasteiger partial charge in [-0.15, -0.1) is 0 Å². The molecule has 0 aliphatic rings. The van der Waals surface area contributed by atoms with Gasteiger partial charge in [0.1, 0.15) is 0 Å². The molecule has 0 aliphatic carbocycles. The predicted octanol–water partition coefficient (Wildman–Crippen LogP) is 4.72. The van der Waals surface area contributed by atoms with Crippen LogP contribution in [-0.4, -0.2) is 25.2 Å². The second kappa shape index (κ2) is 8.83. The Hall–Kier alpha value is -3.26. The molecule has 2 amide bonds. The molecule has 3 aromatic rings. The molecule has 0 radical (unpaired) electrons. The zero-order valence-corrected chi connectivity index (χ0v) is 16.5. The SMILES string of the molecule is CCCS(=O)(=O)c1ccc(-c2ccccc2)c(NC(=O)Nc2cccnc2F)c1. The first-order valence-corrected chi connectivity index (χ1v) is 10.7. The van der Waals surface area contributed by atoms with Crippen molar-refractivity contribution in [3.8, 4) is 11.1 Å². The van der Waals surface area contributed by atoms with Gasteiger partial charge in [0.15, 0.2) is 9.84 Å². The van der Waals surface area contributed by atoms with E-state index in [0.29, 0.717) is 17.7 Å². The summed E-state index contributed by atoms with van der Waals surface area (Å²) < 4.78 is 38.6. The zero-order chi connectivity index (χ0) is 20.9. The van der Waals surface area contributed by atoms with E-state index >= 15 is 0 Å². The molecule has 2 N–H and O–H groups in total. The third-order valence-electron chi connectivity index (χ3n) is 4.16. The lowest BCUT2D eigenvalue weighted by molar-refractivity contribution is 0.262. The first kappa shape index (κ1) is 20.5. The van der Waals surface area contributed by atoms with E-state index in [0.717, 1.165) is 5.56 Å². The summed E-state index contributed by atoms with van der Waals surface area (Å²) in [5, 5.41) is 5.01. The van der Waals surface area contributed by atoms with E-state index in [1.807, 2.05) is 30.3 Å². The number of carbonyl (C=O) groups is 1. The maximum atomic E-state index is 13.7. The van der Waals surface area contributed by atoms with Gasteiger partial charge in [-0.25, -0.2) is 18.2 Å². The van der Waals surface area contributed by atoms with Crippen molar-refractivity contribution in [1.29, 1.82) is 0 Å². The van der Waals surface area contributed by atoms with Crippen LogP contribution in [-0.2, 0) is 9.84 Å². The maximum Gasteiger partial charge on any atom is 0.323 e. The number of nitrogens with zero attached hydrogens (tertiary/aromatic N) is 1. The van der Waals surface area contributed by atoms with Gasteiger partial charge in [0.2, 0.25) is 5.95 Å². The molecule has 8 heteroatoms. The van der Waals surface area contributed by atoms with E-state index < -0.39 is 21.8 Å². The van der Waals surface area contributed by atoms with E-state index in [4.69, 9.17) is 0 Å². The normalized spacial score (nSPS) is 11.1. The van der Waals surface area contributed by atoms with Gasteiger partial charge in [-0.3, -0.25) is 0 Å². The minimum atomic E-state index is -3.47. The van der Waals surface area contributed by atoms with Crippen molar-refractivity contribution in [2.45, 2.75) is 18.2 Å². The molecule has 2 aromatic carbocycles. The van der Waals surface area contributed by atoms with Crippen LogP contribution in [0.5, 0.6) is 0 Å². The number of carbonyl (C=O) groups excluding carboxylic acids is 1. The number of urea groups is 1. The highest BCUT2D eigenvalue weighted by Gasteiger charge is 2.18. The molecule has 0 bridgehead atoms. The Bertz CT molecular complexity index is 1120. The number of pyridine rings is 1. The molecule has 0 aliphatic heterocycles. The maximum absolute atomic E-state index is 13.7. The molecular weight excluding hydrogens is 393 g/mol. The fraction of sp³-hybridized carbons (Fsp3) is 0.143. The molecule has 0 fully saturated rings. The topological polar surface area (TPSA) is 88.2 Å². The minimum absolute atomic E-state index is 0.00418. The quantitative estimate of drug-likeness (QED) is 0.573. The summed E-state index contributed by atoms with van der Waals surface area (Å²) >= 11 is 0. The molecule has 0 unspecified atom stereocenters. The fourth-order valence-corrected chi connectivity index (χ4v) is 4.18. The van der Waals surface area contributed by atoms with Crippen molar-refractivity contribution in [2.24, 2.45) is 0 Å². The number of nitrogens with one attached hydrogen (secondary N) is 2. The molecule has 0 atom stereocenters. The second-order valence-corrected chi connectivity index (χ2v) is 8.42. The van der Waals surface area contributed by atoms with Crippen LogP contribution in [0.15, 0.2) is 71.8 Å². The van der Waals surface area contributed by atoms with Crippen molar-refractivity contribution in [2.75, 3.05) is 16.4 Å². The molecule has 1 aromatic heterocycles. The lowest BCUT2D eigenvalue weighted by Gasteiger charge is -2.14. The number of anilines is 2. The van der Waals surface area contributed by atoms with Crippen LogP contribution in [0.2, 0.25) is 0 Å². The van der Waals surface area contributed by atoms with Crippen LogP contribution >= 0.6 is 0 Å². The second-order valence-electron chi connectivity index (χ2n) is 6.31. The molecule has 0 saturated heterocycles. The van der Waals surface area contributed by atoms with Crippen molar-refractivity contribution >= 4 is 27.2 Å². The average Bonchev–Trinajstić information content (AvgIpc) is 2.70. The number of halogens is 1. The monoisotopic (exact) mass is 413 g/mol. The molecule has 29 heavy (non-hydrogen) atoms. The highest BCUT2D eigenvalue weighted by Crippen LogP contribution is 2.31. The number of amides is 2. The Morgan fingerprint density at radius 2 is 1.72 bits per heavy atom. The largest absolute Gasteiger partial charge is 0.323 e. The highest BCUT2D eigenvalue weighted by atomic mass is 32.2. The number of hydrogen-bond donors (Lipinski definition) is 2. The summed E-state index contributed by atoms with van der Waals surface area (Å²) in [5.41, 5.74) is 1.66. The number of rotatable bonds is 6. The third kappa shape index (κ3) is 4.97. The Morgan fingerprint density at radius 1 is 1.00 bits per heavy atom. The van der Waals surface area contributed by atoms with E-state index in [2.05, 4.69) is 15.6 Å². The summed E-state index contributed by atoms with van der Waals surface area (Å²) in [7, 11) is -3.47. The Kier molecular flexibility index (Phi) is 6.23. The average molecular weight is 413 g/mol. The van der Waals surface area contributed by atoms with Gasteiger partial charge in [-0.05, 0) is 36.2 Å². The van der Waals surface area contributed by atoms with E-state index in [1.165, 1.54) is 30.5 Å². The standard InChI is InChI=1S/C21H20FN3O3S/c1-2-13-29(27,28)16-10-11-17(15-7-4-3-5-8-15)19(14-16)25-21(26)24-18-9-6-12-23-20(18)22/h3-12,14H,2,13H2,1H3,(H2,24,25,26). The van der Waals surface area contributed by atoms with Gasteiger partial charge in [0.25, 0.3) is 0 Å². The van der Waals surface area contributed by atoms with E-state index in [1.54, 1.807) is 13.0 Å². The van der Waals surface area contributed by atoms with Gasteiger partial charge in [-0.2, -0.15) is 4.39 Å². The van der Waals surface area contributed by atoms with Crippen molar-refractivity contribution < 1.29 is 17.6 Å². The number of hydrogen-bond acceptors (Lipinski definition) is 4. The Balaban J connectivity index is 1.97. The highest BCUT2D eigenvalue weighted by molar-refractivity contribution is 7.91. The molecule has 150 valence electrons. The summed E-state index contributed by atoms with van der Waals surface area (Å²) in [6.07, 6.45) is 1.75. The minimum Gasteiger partial charge on any atom is -0.307 e. The molecule has 3 rings (SSSR count). The molecule has 0 spiro atoms. The Labute approximate surface area is 168 Å². The van der Waals surface area contributed by atoms with Crippen molar-refractivity contribution in [1.82, 2.24) is 4.98 Å². The predicted molar refractivity (Wildman–Crippen MR) is 111 cm³/mol. The zero-order valence-electron chi connectivity index (χ0n) is 15.7. The van der Waals surface area contributed by atoms with Gasteiger partial charge >= 0.3 is 6.03 Å². The van der Waals surface area contributed by atoms with Crippen molar-refractivity contribution in [3.05, 3.63) is 72.8 Å². The number of sulfone groups is 1. The van der Waals surface area contributed by atoms with Gasteiger partial charge < -0.3 is 10.6 Å². The van der Waals surface area contributed by atoms with Gasteiger partial charge in [-0.1, -0.05) is 43.3 Å². The molecular formula is C21H20FN3O3S. The number of aromatic nitrogens is 1. The van der Waals surface area contributed by atoms with E-state index in [9.17, 15) is 17.6 Å². The summed E-state index contributed by atoms with van der Waals surface area (Å²) in [6, 6.07) is 16.0.